The number of halogens is 3. The zero-order valence-corrected chi connectivity index (χ0v) is 8.08. The highest BCUT2D eigenvalue weighted by Gasteiger charge is 2.43. The van der Waals surface area contributed by atoms with Gasteiger partial charge in [0.25, 0.3) is 5.91 Å². The van der Waals surface area contributed by atoms with E-state index < -0.39 is 23.3 Å². The molecule has 1 aromatic heterocycles. The largest absolute Gasteiger partial charge is 0.433 e. The van der Waals surface area contributed by atoms with Gasteiger partial charge in [-0.1, -0.05) is 0 Å². The molecule has 5 nitrogen and oxygen atoms in total. The lowest BCUT2D eigenvalue weighted by atomic mass is 10.2. The van der Waals surface area contributed by atoms with E-state index >= 15 is 0 Å². The Balaban J connectivity index is 2.49. The molecule has 1 fully saturated rings. The highest BCUT2D eigenvalue weighted by Crippen LogP contribution is 2.41. The monoisotopic (exact) mass is 234 g/mol. The minimum absolute atomic E-state index is 0.254. The molecule has 3 N–H and O–H groups in total. The lowest BCUT2D eigenvalue weighted by Crippen LogP contribution is -2.32. The van der Waals surface area contributed by atoms with Crippen LogP contribution in [0.1, 0.15) is 34.9 Å². The predicted molar refractivity (Wildman–Crippen MR) is 47.2 cm³/mol. The van der Waals surface area contributed by atoms with Gasteiger partial charge in [-0.3, -0.25) is 14.9 Å². The average Bonchev–Trinajstić information content (AvgIpc) is 2.94. The van der Waals surface area contributed by atoms with E-state index in [4.69, 9.17) is 5.84 Å². The minimum Gasteiger partial charge on any atom is -0.290 e. The van der Waals surface area contributed by atoms with Gasteiger partial charge in [0, 0.05) is 0 Å². The van der Waals surface area contributed by atoms with E-state index in [-0.39, 0.29) is 6.04 Å². The number of nitrogens with one attached hydrogen (secondary N) is 1. The maximum atomic E-state index is 12.7. The van der Waals surface area contributed by atoms with Crippen LogP contribution >= 0.6 is 0 Å². The van der Waals surface area contributed by atoms with E-state index in [9.17, 15) is 18.0 Å². The number of hydrogen-bond acceptors (Lipinski definition) is 3. The van der Waals surface area contributed by atoms with E-state index in [0.29, 0.717) is 12.8 Å². The summed E-state index contributed by atoms with van der Waals surface area (Å²) in [5, 5.41) is 3.59. The summed E-state index contributed by atoms with van der Waals surface area (Å²) in [6.07, 6.45) is -2.42. The van der Waals surface area contributed by atoms with Crippen molar-refractivity contribution in [3.8, 4) is 0 Å². The molecule has 1 amide bonds. The summed E-state index contributed by atoms with van der Waals surface area (Å²) in [5.74, 6) is 3.83. The molecular weight excluding hydrogens is 225 g/mol. The standard InChI is InChI=1S/C8H9F3N4O/c9-8(10,11)6-5(7(16)14-12)3-13-15(6)4-1-2-4/h3-4H,1-2,12H2,(H,14,16). The molecule has 0 saturated heterocycles. The topological polar surface area (TPSA) is 72.9 Å². The molecule has 8 heteroatoms. The number of nitrogens with two attached hydrogens (primary N) is 1. The molecule has 1 aliphatic carbocycles. The third-order valence-corrected chi connectivity index (χ3v) is 2.33. The Bertz CT molecular complexity index is 421. The van der Waals surface area contributed by atoms with Crippen LogP contribution < -0.4 is 11.3 Å². The fourth-order valence-electron chi connectivity index (χ4n) is 1.48. The van der Waals surface area contributed by atoms with Gasteiger partial charge in [-0.2, -0.15) is 18.3 Å². The number of aromatic nitrogens is 2. The normalized spacial score (nSPS) is 16.2. The SMILES string of the molecule is NNC(=O)c1cnn(C2CC2)c1C(F)(F)F. The lowest BCUT2D eigenvalue weighted by molar-refractivity contribution is -0.144. The highest BCUT2D eigenvalue weighted by atomic mass is 19.4. The Morgan fingerprint density at radius 2 is 2.19 bits per heavy atom. The van der Waals surface area contributed by atoms with Gasteiger partial charge in [0.05, 0.1) is 17.8 Å². The van der Waals surface area contributed by atoms with Crippen molar-refractivity contribution in [1.29, 1.82) is 0 Å². The number of carbonyl (C=O) groups excluding carboxylic acids is 1. The molecule has 1 saturated carbocycles. The molecule has 0 unspecified atom stereocenters. The molecule has 16 heavy (non-hydrogen) atoms. The summed E-state index contributed by atoms with van der Waals surface area (Å²) in [7, 11) is 0. The van der Waals surface area contributed by atoms with Crippen LogP contribution in [0.25, 0.3) is 0 Å². The third-order valence-electron chi connectivity index (χ3n) is 2.33. The van der Waals surface area contributed by atoms with E-state index in [1.165, 1.54) is 0 Å². The van der Waals surface area contributed by atoms with E-state index in [0.717, 1.165) is 10.9 Å². The summed E-state index contributed by atoms with van der Waals surface area (Å²) in [6, 6.07) is -0.254. The first-order valence-corrected chi connectivity index (χ1v) is 4.60. The van der Waals surface area contributed by atoms with Crippen molar-refractivity contribution in [2.75, 3.05) is 0 Å². The number of nitrogen functional groups attached to an aromatic ring is 1. The number of carbonyl (C=O) groups is 1. The molecule has 0 aliphatic heterocycles. The molecule has 1 aromatic rings. The third kappa shape index (κ3) is 1.75. The van der Waals surface area contributed by atoms with Gasteiger partial charge in [0.15, 0.2) is 5.69 Å². The van der Waals surface area contributed by atoms with E-state index in [1.807, 2.05) is 0 Å². The molecular formula is C8H9F3N4O. The van der Waals surface area contributed by atoms with Crippen molar-refractivity contribution in [3.05, 3.63) is 17.5 Å². The molecule has 1 heterocycles. The van der Waals surface area contributed by atoms with Crippen molar-refractivity contribution in [3.63, 3.8) is 0 Å². The Kier molecular flexibility index (Phi) is 2.38. The zero-order valence-electron chi connectivity index (χ0n) is 8.08. The van der Waals surface area contributed by atoms with E-state index in [2.05, 4.69) is 5.10 Å². The van der Waals surface area contributed by atoms with E-state index in [1.54, 1.807) is 5.43 Å². The Morgan fingerprint density at radius 3 is 2.62 bits per heavy atom. The minimum atomic E-state index is -4.61. The number of nitrogens with zero attached hydrogens (tertiary/aromatic N) is 2. The highest BCUT2D eigenvalue weighted by molar-refractivity contribution is 5.94. The van der Waals surface area contributed by atoms with Crippen LogP contribution in [0.2, 0.25) is 0 Å². The van der Waals surface area contributed by atoms with Gasteiger partial charge >= 0.3 is 6.18 Å². The molecule has 0 spiro atoms. The smallest absolute Gasteiger partial charge is 0.290 e. The molecule has 0 atom stereocenters. The average molecular weight is 234 g/mol. The second-order valence-corrected chi connectivity index (χ2v) is 3.55. The van der Waals surface area contributed by atoms with Crippen molar-refractivity contribution in [1.82, 2.24) is 15.2 Å². The molecule has 0 aromatic carbocycles. The van der Waals surface area contributed by atoms with Crippen molar-refractivity contribution in [2.24, 2.45) is 5.84 Å². The maximum absolute atomic E-state index is 12.7. The number of alkyl halides is 3. The van der Waals surface area contributed by atoms with Gasteiger partial charge in [-0.15, -0.1) is 0 Å². The summed E-state index contributed by atoms with van der Waals surface area (Å²) in [6.45, 7) is 0. The van der Waals surface area contributed by atoms with Gasteiger partial charge in [-0.25, -0.2) is 5.84 Å². The number of hydrazine groups is 1. The summed E-state index contributed by atoms with van der Waals surface area (Å²) >= 11 is 0. The summed E-state index contributed by atoms with van der Waals surface area (Å²) in [4.78, 5) is 11.1. The van der Waals surface area contributed by atoms with Gasteiger partial charge in [0.1, 0.15) is 0 Å². The lowest BCUT2D eigenvalue weighted by Gasteiger charge is -2.11. The van der Waals surface area contributed by atoms with Crippen LogP contribution in [0.5, 0.6) is 0 Å². The number of hydrogen-bond donors (Lipinski definition) is 2. The first-order chi connectivity index (χ1) is 7.45. The molecule has 2 rings (SSSR count). The van der Waals surface area contributed by atoms with Crippen molar-refractivity contribution >= 4 is 5.91 Å². The first-order valence-electron chi connectivity index (χ1n) is 4.60. The van der Waals surface area contributed by atoms with Crippen LogP contribution in [-0.2, 0) is 6.18 Å². The summed E-state index contributed by atoms with van der Waals surface area (Å²) < 4.78 is 39.1. The van der Waals surface area contributed by atoms with Gasteiger partial charge in [0.2, 0.25) is 0 Å². The second kappa shape index (κ2) is 3.48. The summed E-state index contributed by atoms with van der Waals surface area (Å²) in [5.41, 5.74) is 0.105. The second-order valence-electron chi connectivity index (χ2n) is 3.55. The van der Waals surface area contributed by atoms with Gasteiger partial charge < -0.3 is 0 Å². The first kappa shape index (κ1) is 10.9. The maximum Gasteiger partial charge on any atom is 0.433 e. The fourth-order valence-corrected chi connectivity index (χ4v) is 1.48. The van der Waals surface area contributed by atoms with Gasteiger partial charge in [-0.05, 0) is 12.8 Å². The zero-order chi connectivity index (χ0) is 11.9. The van der Waals surface area contributed by atoms with Crippen LogP contribution in [0, 0.1) is 0 Å². The Morgan fingerprint density at radius 1 is 1.56 bits per heavy atom. The molecule has 1 aliphatic rings. The Hall–Kier alpha value is -1.57. The van der Waals surface area contributed by atoms with Crippen LogP contribution in [-0.4, -0.2) is 15.7 Å². The molecule has 0 radical (unpaired) electrons. The molecule has 88 valence electrons. The quantitative estimate of drug-likeness (QED) is 0.452. The number of amides is 1. The van der Waals surface area contributed by atoms with Crippen molar-refractivity contribution < 1.29 is 18.0 Å². The van der Waals surface area contributed by atoms with Crippen molar-refractivity contribution in [2.45, 2.75) is 25.1 Å². The van der Waals surface area contributed by atoms with Crippen LogP contribution in [0.3, 0.4) is 0 Å². The Labute approximate surface area is 88.4 Å². The van der Waals surface area contributed by atoms with Crippen LogP contribution in [0.15, 0.2) is 6.20 Å². The van der Waals surface area contributed by atoms with Crippen LogP contribution in [0.4, 0.5) is 13.2 Å². The number of rotatable bonds is 2. The predicted octanol–water partition coefficient (Wildman–Crippen LogP) is 0.840. The molecule has 0 bridgehead atoms. The fraction of sp³-hybridized carbons (Fsp3) is 0.500.